The summed E-state index contributed by atoms with van der Waals surface area (Å²) in [4.78, 5) is 12.4. The minimum absolute atomic E-state index is 0. The molecule has 1 saturated heterocycles. The van der Waals surface area contributed by atoms with Gasteiger partial charge in [-0.05, 0) is 43.6 Å². The monoisotopic (exact) mass is 283 g/mol. The Bertz CT molecular complexity index is 428. The van der Waals surface area contributed by atoms with Crippen molar-refractivity contribution in [1.29, 1.82) is 0 Å². The van der Waals surface area contributed by atoms with E-state index in [2.05, 4.69) is 11.4 Å². The van der Waals surface area contributed by atoms with Crippen molar-refractivity contribution in [3.05, 3.63) is 29.8 Å². The van der Waals surface area contributed by atoms with Crippen molar-refractivity contribution in [2.45, 2.75) is 31.6 Å². The highest BCUT2D eigenvalue weighted by Crippen LogP contribution is 2.36. The summed E-state index contributed by atoms with van der Waals surface area (Å²) in [6, 6.07) is 7.97. The molecular formula is C15H22ClNO2. The molecule has 1 heterocycles. The van der Waals surface area contributed by atoms with E-state index < -0.39 is 0 Å². The van der Waals surface area contributed by atoms with Gasteiger partial charge in [0.05, 0.1) is 12.5 Å². The summed E-state index contributed by atoms with van der Waals surface area (Å²) in [5.41, 5.74) is 0.796. The summed E-state index contributed by atoms with van der Waals surface area (Å²) in [6.45, 7) is 3.76. The van der Waals surface area contributed by atoms with E-state index >= 15 is 0 Å². The lowest BCUT2D eigenvalue weighted by Crippen LogP contribution is -2.45. The van der Waals surface area contributed by atoms with Gasteiger partial charge in [0.1, 0.15) is 11.5 Å². The van der Waals surface area contributed by atoms with Gasteiger partial charge in [-0.3, -0.25) is 4.79 Å². The molecule has 0 unspecified atom stereocenters. The number of carbonyl (C=O) groups excluding carboxylic acids is 1. The smallest absolute Gasteiger partial charge is 0.143 e. The van der Waals surface area contributed by atoms with Crippen LogP contribution in [0.1, 0.15) is 31.7 Å². The number of hydrogen-bond acceptors (Lipinski definition) is 3. The number of nitrogens with one attached hydrogen (secondary N) is 1. The Labute approximate surface area is 121 Å². The zero-order valence-electron chi connectivity index (χ0n) is 11.6. The van der Waals surface area contributed by atoms with Crippen molar-refractivity contribution in [2.24, 2.45) is 0 Å². The van der Waals surface area contributed by atoms with Crippen molar-refractivity contribution in [3.63, 3.8) is 0 Å². The predicted molar refractivity (Wildman–Crippen MR) is 79.3 cm³/mol. The molecule has 1 aromatic rings. The molecule has 0 saturated carbocycles. The first-order valence-electron chi connectivity index (χ1n) is 6.61. The molecule has 0 bridgehead atoms. The summed E-state index contributed by atoms with van der Waals surface area (Å²) in [5.74, 6) is 1.17. The van der Waals surface area contributed by atoms with Gasteiger partial charge in [-0.1, -0.05) is 19.1 Å². The van der Waals surface area contributed by atoms with Crippen molar-refractivity contribution < 1.29 is 9.53 Å². The number of methoxy groups -OCH3 is 1. The molecule has 0 amide bonds. The van der Waals surface area contributed by atoms with Crippen LogP contribution in [0.4, 0.5) is 0 Å². The molecule has 1 aromatic carbocycles. The van der Waals surface area contributed by atoms with Crippen molar-refractivity contribution in [2.75, 3.05) is 20.2 Å². The highest BCUT2D eigenvalue weighted by Gasteiger charge is 2.39. The fraction of sp³-hybridized carbons (Fsp3) is 0.533. The number of piperidine rings is 1. The normalized spacial score (nSPS) is 17.4. The minimum atomic E-state index is -0.311. The van der Waals surface area contributed by atoms with Crippen LogP contribution in [0.2, 0.25) is 0 Å². The van der Waals surface area contributed by atoms with E-state index in [-0.39, 0.29) is 17.8 Å². The third-order valence-corrected chi connectivity index (χ3v) is 3.93. The second-order valence-electron chi connectivity index (χ2n) is 4.84. The Kier molecular flexibility index (Phi) is 5.83. The number of ether oxygens (including phenoxy) is 1. The number of Topliss-reactive ketones (excluding diaryl/α,β-unsaturated/α-hetero) is 1. The Balaban J connectivity index is 0.00000180. The van der Waals surface area contributed by atoms with E-state index in [9.17, 15) is 4.79 Å². The lowest BCUT2D eigenvalue weighted by atomic mass is 9.69. The molecule has 0 spiro atoms. The van der Waals surface area contributed by atoms with Crippen LogP contribution in [0, 0.1) is 0 Å². The maximum Gasteiger partial charge on any atom is 0.143 e. The SMILES string of the molecule is CCC(=O)C1(c2cccc(OC)c2)CCNCC1.Cl. The first kappa shape index (κ1) is 16.0. The quantitative estimate of drug-likeness (QED) is 0.923. The van der Waals surface area contributed by atoms with Crippen LogP contribution in [-0.4, -0.2) is 26.0 Å². The second kappa shape index (κ2) is 6.92. The summed E-state index contributed by atoms with van der Waals surface area (Å²) in [5, 5.41) is 3.33. The summed E-state index contributed by atoms with van der Waals surface area (Å²) in [7, 11) is 1.66. The zero-order valence-corrected chi connectivity index (χ0v) is 12.4. The molecule has 106 valence electrons. The molecule has 1 aliphatic rings. The Hall–Kier alpha value is -1.06. The number of hydrogen-bond donors (Lipinski definition) is 1. The maximum atomic E-state index is 12.4. The molecule has 0 aliphatic carbocycles. The molecule has 0 radical (unpaired) electrons. The van der Waals surface area contributed by atoms with Gasteiger partial charge in [-0.15, -0.1) is 12.4 Å². The molecule has 2 rings (SSSR count). The van der Waals surface area contributed by atoms with Gasteiger partial charge in [-0.2, -0.15) is 0 Å². The molecule has 1 N–H and O–H groups in total. The van der Waals surface area contributed by atoms with E-state index in [1.807, 2.05) is 25.1 Å². The molecule has 3 nitrogen and oxygen atoms in total. The van der Waals surface area contributed by atoms with Crippen LogP contribution < -0.4 is 10.1 Å². The minimum Gasteiger partial charge on any atom is -0.497 e. The van der Waals surface area contributed by atoms with Crippen molar-refractivity contribution in [3.8, 4) is 5.75 Å². The Morgan fingerprint density at radius 3 is 2.63 bits per heavy atom. The molecule has 0 aromatic heterocycles. The van der Waals surface area contributed by atoms with Gasteiger partial charge >= 0.3 is 0 Å². The molecule has 1 fully saturated rings. The summed E-state index contributed by atoms with van der Waals surface area (Å²) in [6.07, 6.45) is 2.36. The van der Waals surface area contributed by atoms with E-state index in [4.69, 9.17) is 4.74 Å². The van der Waals surface area contributed by atoms with Crippen molar-refractivity contribution >= 4 is 18.2 Å². The van der Waals surface area contributed by atoms with E-state index in [0.717, 1.165) is 37.2 Å². The molecule has 4 heteroatoms. The van der Waals surface area contributed by atoms with Crippen LogP contribution >= 0.6 is 12.4 Å². The standard InChI is InChI=1S/C15H21NO2.ClH/c1-3-14(17)15(7-9-16-10-8-15)12-5-4-6-13(11-12)18-2;/h4-6,11,16H,3,7-10H2,1-2H3;1H. The van der Waals surface area contributed by atoms with E-state index in [1.54, 1.807) is 7.11 Å². The van der Waals surface area contributed by atoms with Gasteiger partial charge in [0, 0.05) is 6.42 Å². The fourth-order valence-electron chi connectivity index (χ4n) is 2.84. The van der Waals surface area contributed by atoms with Crippen LogP contribution in [-0.2, 0) is 10.2 Å². The average Bonchev–Trinajstić information content (AvgIpc) is 2.47. The fourth-order valence-corrected chi connectivity index (χ4v) is 2.84. The first-order chi connectivity index (χ1) is 8.73. The molecule has 1 aliphatic heterocycles. The number of carbonyl (C=O) groups is 1. The lowest BCUT2D eigenvalue weighted by Gasteiger charge is -2.36. The third-order valence-electron chi connectivity index (χ3n) is 3.93. The van der Waals surface area contributed by atoms with Crippen LogP contribution in [0.15, 0.2) is 24.3 Å². The van der Waals surface area contributed by atoms with E-state index in [0.29, 0.717) is 12.2 Å². The average molecular weight is 284 g/mol. The highest BCUT2D eigenvalue weighted by atomic mass is 35.5. The summed E-state index contributed by atoms with van der Waals surface area (Å²) < 4.78 is 5.28. The number of rotatable bonds is 4. The molecular weight excluding hydrogens is 262 g/mol. The Morgan fingerprint density at radius 2 is 2.05 bits per heavy atom. The zero-order chi connectivity index (χ0) is 13.0. The lowest BCUT2D eigenvalue weighted by molar-refractivity contribution is -0.125. The maximum absolute atomic E-state index is 12.4. The van der Waals surface area contributed by atoms with Gasteiger partial charge < -0.3 is 10.1 Å². The third kappa shape index (κ3) is 3.10. The van der Waals surface area contributed by atoms with Crippen LogP contribution in [0.3, 0.4) is 0 Å². The number of halogens is 1. The molecule has 0 atom stereocenters. The predicted octanol–water partition coefficient (Wildman–Crippen LogP) is 2.72. The first-order valence-corrected chi connectivity index (χ1v) is 6.61. The van der Waals surface area contributed by atoms with E-state index in [1.165, 1.54) is 0 Å². The van der Waals surface area contributed by atoms with Crippen LogP contribution in [0.25, 0.3) is 0 Å². The number of benzene rings is 1. The van der Waals surface area contributed by atoms with Gasteiger partial charge in [-0.25, -0.2) is 0 Å². The number of ketones is 1. The van der Waals surface area contributed by atoms with Gasteiger partial charge in [0.15, 0.2) is 0 Å². The van der Waals surface area contributed by atoms with Gasteiger partial charge in [0.25, 0.3) is 0 Å². The summed E-state index contributed by atoms with van der Waals surface area (Å²) >= 11 is 0. The largest absolute Gasteiger partial charge is 0.497 e. The molecule has 19 heavy (non-hydrogen) atoms. The van der Waals surface area contributed by atoms with Crippen molar-refractivity contribution in [1.82, 2.24) is 5.32 Å². The Morgan fingerprint density at radius 1 is 1.37 bits per heavy atom. The van der Waals surface area contributed by atoms with Gasteiger partial charge in [0.2, 0.25) is 0 Å². The van der Waals surface area contributed by atoms with Crippen LogP contribution in [0.5, 0.6) is 5.75 Å². The second-order valence-corrected chi connectivity index (χ2v) is 4.84. The topological polar surface area (TPSA) is 38.3 Å². The highest BCUT2D eigenvalue weighted by molar-refractivity contribution is 5.90.